The number of hydrogen-bond donors (Lipinski definition) is 1. The fourth-order valence-corrected chi connectivity index (χ4v) is 4.77. The number of allylic oxidation sites excluding steroid dienone is 3. The molecule has 2 aromatic rings. The number of hydrogen-bond acceptors (Lipinski definition) is 6. The van der Waals surface area contributed by atoms with E-state index in [1.165, 1.54) is 5.56 Å². The summed E-state index contributed by atoms with van der Waals surface area (Å²) >= 11 is 0. The first-order valence-corrected chi connectivity index (χ1v) is 11.7. The number of benzene rings is 1. The summed E-state index contributed by atoms with van der Waals surface area (Å²) < 4.78 is 10.5. The second-order valence-corrected chi connectivity index (χ2v) is 8.96. The molecule has 2 heterocycles. The molecule has 0 radical (unpaired) electrons. The third kappa shape index (κ3) is 5.20. The monoisotopic (exact) mass is 461 g/mol. The van der Waals surface area contributed by atoms with Gasteiger partial charge in [-0.2, -0.15) is 5.26 Å². The smallest absolute Gasteiger partial charge is 0.314 e. The maximum absolute atomic E-state index is 13.5. The Morgan fingerprint density at radius 1 is 1.18 bits per heavy atom. The Morgan fingerprint density at radius 3 is 2.59 bits per heavy atom. The van der Waals surface area contributed by atoms with E-state index in [-0.39, 0.29) is 11.8 Å². The Bertz CT molecular complexity index is 1120. The van der Waals surface area contributed by atoms with Gasteiger partial charge in [0.2, 0.25) is 5.91 Å². The van der Waals surface area contributed by atoms with Crippen molar-refractivity contribution in [3.63, 3.8) is 0 Å². The van der Waals surface area contributed by atoms with E-state index in [0.717, 1.165) is 42.7 Å². The maximum atomic E-state index is 13.5. The second-order valence-electron chi connectivity index (χ2n) is 8.96. The molecule has 1 aromatic carbocycles. The Morgan fingerprint density at radius 2 is 1.91 bits per heavy atom. The number of rotatable bonds is 7. The van der Waals surface area contributed by atoms with Crippen LogP contribution in [0.1, 0.15) is 56.0 Å². The van der Waals surface area contributed by atoms with Crippen LogP contribution in [0.3, 0.4) is 0 Å². The fraction of sp³-hybridized carbons (Fsp3) is 0.462. The van der Waals surface area contributed by atoms with Gasteiger partial charge in [0.15, 0.2) is 5.82 Å². The van der Waals surface area contributed by atoms with Gasteiger partial charge in [0.1, 0.15) is 6.61 Å². The minimum Gasteiger partial charge on any atom is -0.461 e. The molecule has 1 aromatic heterocycles. The van der Waals surface area contributed by atoms with E-state index in [2.05, 4.69) is 27.3 Å². The Hall–Kier alpha value is -3.44. The molecular formula is C26H31N5O3. The van der Waals surface area contributed by atoms with E-state index >= 15 is 0 Å². The average Bonchev–Trinajstić information content (AvgIpc) is 3.33. The van der Waals surface area contributed by atoms with Crippen molar-refractivity contribution in [3.05, 3.63) is 58.4 Å². The topological polar surface area (TPSA) is 104 Å². The van der Waals surface area contributed by atoms with Crippen molar-refractivity contribution in [1.29, 1.82) is 5.26 Å². The lowest BCUT2D eigenvalue weighted by Gasteiger charge is -2.35. The van der Waals surface area contributed by atoms with Gasteiger partial charge in [-0.15, -0.1) is 5.10 Å². The number of carbonyl (C=O) groups is 1. The lowest BCUT2D eigenvalue weighted by molar-refractivity contribution is -0.135. The first kappa shape index (κ1) is 23.7. The van der Waals surface area contributed by atoms with Gasteiger partial charge < -0.3 is 14.4 Å². The third-order valence-electron chi connectivity index (χ3n) is 6.77. The number of nitrogens with one attached hydrogen (secondary N) is 1. The third-order valence-corrected chi connectivity index (χ3v) is 6.77. The number of H-pyrrole nitrogens is 1. The van der Waals surface area contributed by atoms with Crippen LogP contribution in [0.2, 0.25) is 0 Å². The van der Waals surface area contributed by atoms with Crippen LogP contribution in [0.25, 0.3) is 5.57 Å². The van der Waals surface area contributed by atoms with Crippen molar-refractivity contribution in [2.45, 2.75) is 39.0 Å². The fourth-order valence-electron chi connectivity index (χ4n) is 4.77. The molecule has 8 heteroatoms. The number of carbonyl (C=O) groups excluding carboxylic acids is 1. The van der Waals surface area contributed by atoms with Crippen LogP contribution in [0, 0.1) is 17.2 Å². The number of aromatic amines is 1. The molecule has 34 heavy (non-hydrogen) atoms. The van der Waals surface area contributed by atoms with Gasteiger partial charge >= 0.3 is 6.01 Å². The standard InChI is InChI=1S/C26H31N5O3/c1-17-14-18(2)23(15-22(17)24-28-26(30-29-24)34-13-12-33-3)25(32)31-10-8-21(9-11-31)20-6-4-19(16-27)5-7-20/h4-7,14,21,23H,8-13,15H2,1-3H3,(H,28,29,30). The van der Waals surface area contributed by atoms with Crippen molar-refractivity contribution in [2.75, 3.05) is 33.4 Å². The van der Waals surface area contributed by atoms with Crippen LogP contribution in [0.15, 0.2) is 41.5 Å². The summed E-state index contributed by atoms with van der Waals surface area (Å²) in [5.41, 5.74) is 5.08. The van der Waals surface area contributed by atoms with Crippen LogP contribution in [-0.4, -0.2) is 59.4 Å². The zero-order valence-electron chi connectivity index (χ0n) is 20.0. The number of amides is 1. The average molecular weight is 462 g/mol. The number of ether oxygens (including phenoxy) is 2. The van der Waals surface area contributed by atoms with Gasteiger partial charge in [0.05, 0.1) is 24.2 Å². The molecule has 1 N–H and O–H groups in total. The summed E-state index contributed by atoms with van der Waals surface area (Å²) in [6.45, 7) is 6.42. The van der Waals surface area contributed by atoms with E-state index in [1.807, 2.05) is 43.0 Å². The first-order valence-electron chi connectivity index (χ1n) is 11.7. The molecular weight excluding hydrogens is 430 g/mol. The summed E-state index contributed by atoms with van der Waals surface area (Å²) in [5.74, 6) is 1.04. The highest BCUT2D eigenvalue weighted by molar-refractivity contribution is 5.86. The van der Waals surface area contributed by atoms with Gasteiger partial charge in [-0.05, 0) is 62.3 Å². The van der Waals surface area contributed by atoms with Crippen LogP contribution in [-0.2, 0) is 9.53 Å². The number of aromatic nitrogens is 3. The summed E-state index contributed by atoms with van der Waals surface area (Å²) in [4.78, 5) is 18.6. The quantitative estimate of drug-likeness (QED) is 0.628. The summed E-state index contributed by atoms with van der Waals surface area (Å²) in [7, 11) is 1.62. The minimum atomic E-state index is -0.201. The molecule has 2 aliphatic rings. The molecule has 0 spiro atoms. The molecule has 1 aliphatic carbocycles. The van der Waals surface area contributed by atoms with Gasteiger partial charge in [-0.1, -0.05) is 28.9 Å². The molecule has 1 atom stereocenters. The molecule has 8 nitrogen and oxygen atoms in total. The van der Waals surface area contributed by atoms with Gasteiger partial charge in [0, 0.05) is 25.8 Å². The van der Waals surface area contributed by atoms with Gasteiger partial charge in [-0.3, -0.25) is 9.78 Å². The summed E-state index contributed by atoms with van der Waals surface area (Å²) in [6, 6.07) is 10.3. The highest BCUT2D eigenvalue weighted by Gasteiger charge is 2.33. The molecule has 4 rings (SSSR count). The maximum Gasteiger partial charge on any atom is 0.314 e. The molecule has 0 saturated carbocycles. The van der Waals surface area contributed by atoms with Crippen LogP contribution >= 0.6 is 0 Å². The van der Waals surface area contributed by atoms with Crippen LogP contribution in [0.5, 0.6) is 6.01 Å². The minimum absolute atomic E-state index is 0.174. The van der Waals surface area contributed by atoms with Crippen molar-refractivity contribution in [2.24, 2.45) is 5.92 Å². The number of methoxy groups -OCH3 is 1. The first-order chi connectivity index (χ1) is 16.5. The van der Waals surface area contributed by atoms with Gasteiger partial charge in [-0.25, -0.2) is 0 Å². The van der Waals surface area contributed by atoms with Crippen molar-refractivity contribution in [3.8, 4) is 12.1 Å². The van der Waals surface area contributed by atoms with E-state index in [1.54, 1.807) is 7.11 Å². The second kappa shape index (κ2) is 10.7. The Kier molecular flexibility index (Phi) is 7.43. The Labute approximate surface area is 200 Å². The number of likely N-dealkylation sites (tertiary alicyclic amines) is 1. The molecule has 178 valence electrons. The molecule has 1 aliphatic heterocycles. The van der Waals surface area contributed by atoms with E-state index in [9.17, 15) is 4.79 Å². The lowest BCUT2D eigenvalue weighted by atomic mass is 9.82. The van der Waals surface area contributed by atoms with Crippen molar-refractivity contribution < 1.29 is 14.3 Å². The molecule has 1 saturated heterocycles. The van der Waals surface area contributed by atoms with E-state index < -0.39 is 0 Å². The van der Waals surface area contributed by atoms with Crippen LogP contribution in [0.4, 0.5) is 0 Å². The SMILES string of the molecule is COCCOc1nnc(C2=C(C)C=C(C)C(C(=O)N3CCC(c4ccc(C#N)cc4)CC3)C2)[nH]1. The Balaban J connectivity index is 1.39. The van der Waals surface area contributed by atoms with Crippen LogP contribution < -0.4 is 4.74 Å². The zero-order chi connectivity index (χ0) is 24.1. The lowest BCUT2D eigenvalue weighted by Crippen LogP contribution is -2.42. The molecule has 0 bridgehead atoms. The number of nitriles is 1. The molecule has 1 fully saturated rings. The van der Waals surface area contributed by atoms with Gasteiger partial charge in [0.25, 0.3) is 0 Å². The summed E-state index contributed by atoms with van der Waals surface area (Å²) in [6.07, 6.45) is 4.53. The van der Waals surface area contributed by atoms with E-state index in [4.69, 9.17) is 14.7 Å². The largest absolute Gasteiger partial charge is 0.461 e. The predicted octanol–water partition coefficient (Wildman–Crippen LogP) is 3.85. The normalized spacial score (nSPS) is 19.1. The number of nitrogens with zero attached hydrogens (tertiary/aromatic N) is 4. The zero-order valence-corrected chi connectivity index (χ0v) is 20.0. The highest BCUT2D eigenvalue weighted by Crippen LogP contribution is 2.36. The van der Waals surface area contributed by atoms with E-state index in [0.29, 0.717) is 43.0 Å². The molecule has 1 unspecified atom stereocenters. The molecule has 1 amide bonds. The highest BCUT2D eigenvalue weighted by atomic mass is 16.5. The van der Waals surface area contributed by atoms with Crippen molar-refractivity contribution >= 4 is 11.5 Å². The van der Waals surface area contributed by atoms with Crippen molar-refractivity contribution in [1.82, 2.24) is 20.1 Å². The number of piperidine rings is 1. The summed E-state index contributed by atoms with van der Waals surface area (Å²) in [5, 5.41) is 17.3. The predicted molar refractivity (Wildman–Crippen MR) is 128 cm³/mol.